The summed E-state index contributed by atoms with van der Waals surface area (Å²) in [5.41, 5.74) is 7.18. The van der Waals surface area contributed by atoms with Gasteiger partial charge in [-0.1, -0.05) is 32.4 Å². The number of aromatic nitrogens is 2. The van der Waals surface area contributed by atoms with Crippen molar-refractivity contribution in [2.45, 2.75) is 33.4 Å². The monoisotopic (exact) mass is 259 g/mol. The van der Waals surface area contributed by atoms with Gasteiger partial charge in [0, 0.05) is 7.11 Å². The Labute approximate surface area is 108 Å². The lowest BCUT2D eigenvalue weighted by Crippen LogP contribution is -2.26. The lowest BCUT2D eigenvalue weighted by molar-refractivity contribution is 0.181. The lowest BCUT2D eigenvalue weighted by atomic mass is 9.89. The van der Waals surface area contributed by atoms with E-state index in [2.05, 4.69) is 25.9 Å². The predicted octanol–water partition coefficient (Wildman–Crippen LogP) is 2.47. The van der Waals surface area contributed by atoms with Gasteiger partial charge in [-0.05, 0) is 11.8 Å². The van der Waals surface area contributed by atoms with Crippen molar-refractivity contribution >= 4 is 11.6 Å². The van der Waals surface area contributed by atoms with Gasteiger partial charge >= 0.3 is 0 Å². The minimum Gasteiger partial charge on any atom is -0.383 e. The number of nitrogens with zero attached hydrogens (tertiary/aromatic N) is 2. The van der Waals surface area contributed by atoms with Crippen molar-refractivity contribution in [3.05, 3.63) is 16.9 Å². The largest absolute Gasteiger partial charge is 0.383 e. The number of ether oxygens (including phenoxy) is 1. The molecule has 0 amide bonds. The van der Waals surface area contributed by atoms with Crippen LogP contribution in [-0.2, 0) is 11.3 Å². The van der Waals surface area contributed by atoms with Crippen LogP contribution in [0, 0.1) is 11.8 Å². The number of hydrogen-bond acceptors (Lipinski definition) is 3. The molecular formula is C12H22ClN3O. The second-order valence-electron chi connectivity index (χ2n) is 4.72. The van der Waals surface area contributed by atoms with Gasteiger partial charge < -0.3 is 10.5 Å². The van der Waals surface area contributed by atoms with Crippen LogP contribution in [0.2, 0.25) is 5.02 Å². The maximum absolute atomic E-state index is 6.27. The molecule has 1 heterocycles. The molecule has 17 heavy (non-hydrogen) atoms. The van der Waals surface area contributed by atoms with Gasteiger partial charge in [0.05, 0.1) is 36.1 Å². The van der Waals surface area contributed by atoms with Gasteiger partial charge in [0.25, 0.3) is 0 Å². The van der Waals surface area contributed by atoms with E-state index in [-0.39, 0.29) is 6.04 Å². The lowest BCUT2D eigenvalue weighted by Gasteiger charge is -2.24. The Morgan fingerprint density at radius 3 is 2.65 bits per heavy atom. The van der Waals surface area contributed by atoms with Crippen molar-refractivity contribution in [1.82, 2.24) is 9.78 Å². The van der Waals surface area contributed by atoms with E-state index in [9.17, 15) is 0 Å². The van der Waals surface area contributed by atoms with Crippen LogP contribution < -0.4 is 5.73 Å². The molecule has 1 rings (SSSR count). The molecule has 0 radical (unpaired) electrons. The molecule has 98 valence electrons. The second kappa shape index (κ2) is 6.38. The Kier molecular flexibility index (Phi) is 5.43. The highest BCUT2D eigenvalue weighted by molar-refractivity contribution is 6.31. The fraction of sp³-hybridized carbons (Fsp3) is 0.750. The number of rotatable bonds is 6. The van der Waals surface area contributed by atoms with Gasteiger partial charge in [-0.3, -0.25) is 4.68 Å². The molecule has 0 aliphatic rings. The van der Waals surface area contributed by atoms with E-state index in [0.717, 1.165) is 5.69 Å². The Morgan fingerprint density at radius 1 is 1.47 bits per heavy atom. The summed E-state index contributed by atoms with van der Waals surface area (Å²) in [5.74, 6) is 0.859. The molecule has 0 aromatic carbocycles. The Balaban J connectivity index is 2.91. The first-order chi connectivity index (χ1) is 7.99. The van der Waals surface area contributed by atoms with Crippen LogP contribution in [0.25, 0.3) is 0 Å². The summed E-state index contributed by atoms with van der Waals surface area (Å²) in [4.78, 5) is 0. The number of halogens is 1. The average molecular weight is 260 g/mol. The standard InChI is InChI=1S/C12H22ClN3O/c1-8(2)9(3)11(14)12-10(13)7-15-16(12)5-6-17-4/h7-9,11H,5-6,14H2,1-4H3. The van der Waals surface area contributed by atoms with Gasteiger partial charge in [0.2, 0.25) is 0 Å². The Hall–Kier alpha value is -0.580. The molecule has 0 bridgehead atoms. The smallest absolute Gasteiger partial charge is 0.0834 e. The van der Waals surface area contributed by atoms with Crippen LogP contribution >= 0.6 is 11.6 Å². The molecule has 5 heteroatoms. The second-order valence-corrected chi connectivity index (χ2v) is 5.13. The fourth-order valence-corrected chi connectivity index (χ4v) is 1.99. The van der Waals surface area contributed by atoms with Gasteiger partial charge in [-0.15, -0.1) is 0 Å². The maximum Gasteiger partial charge on any atom is 0.0834 e. The SMILES string of the molecule is COCCn1ncc(Cl)c1C(N)C(C)C(C)C. The molecule has 0 aliphatic carbocycles. The third-order valence-electron chi connectivity index (χ3n) is 3.27. The molecule has 4 nitrogen and oxygen atoms in total. The molecule has 0 saturated carbocycles. The van der Waals surface area contributed by atoms with Gasteiger partial charge in [-0.25, -0.2) is 0 Å². The molecular weight excluding hydrogens is 238 g/mol. The van der Waals surface area contributed by atoms with E-state index in [0.29, 0.717) is 30.0 Å². The summed E-state index contributed by atoms with van der Waals surface area (Å²) in [6, 6.07) is -0.0955. The summed E-state index contributed by atoms with van der Waals surface area (Å²) in [7, 11) is 1.67. The highest BCUT2D eigenvalue weighted by Crippen LogP contribution is 2.30. The summed E-state index contributed by atoms with van der Waals surface area (Å²) in [6.07, 6.45) is 1.65. The molecule has 0 spiro atoms. The van der Waals surface area contributed by atoms with Gasteiger partial charge in [-0.2, -0.15) is 5.10 Å². The van der Waals surface area contributed by atoms with Crippen molar-refractivity contribution < 1.29 is 4.74 Å². The molecule has 0 saturated heterocycles. The Morgan fingerprint density at radius 2 is 2.12 bits per heavy atom. The van der Waals surface area contributed by atoms with Gasteiger partial charge in [0.1, 0.15) is 0 Å². The first-order valence-electron chi connectivity index (χ1n) is 5.94. The van der Waals surface area contributed by atoms with E-state index < -0.39 is 0 Å². The molecule has 0 fully saturated rings. The minimum atomic E-state index is -0.0955. The number of hydrogen-bond donors (Lipinski definition) is 1. The quantitative estimate of drug-likeness (QED) is 0.854. The Bertz CT molecular complexity index is 352. The third-order valence-corrected chi connectivity index (χ3v) is 3.57. The van der Waals surface area contributed by atoms with Crippen LogP contribution in [0.3, 0.4) is 0 Å². The van der Waals surface area contributed by atoms with Crippen LogP contribution in [0.4, 0.5) is 0 Å². The van der Waals surface area contributed by atoms with E-state index in [1.54, 1.807) is 13.3 Å². The number of methoxy groups -OCH3 is 1. The van der Waals surface area contributed by atoms with E-state index >= 15 is 0 Å². The van der Waals surface area contributed by atoms with Crippen LogP contribution in [-0.4, -0.2) is 23.5 Å². The summed E-state index contributed by atoms with van der Waals surface area (Å²) >= 11 is 6.16. The fourth-order valence-electron chi connectivity index (χ4n) is 1.72. The van der Waals surface area contributed by atoms with Crippen LogP contribution in [0.15, 0.2) is 6.20 Å². The average Bonchev–Trinajstić information content (AvgIpc) is 2.65. The van der Waals surface area contributed by atoms with Crippen molar-refractivity contribution in [2.75, 3.05) is 13.7 Å². The zero-order valence-electron chi connectivity index (χ0n) is 11.0. The number of nitrogens with two attached hydrogens (primary N) is 1. The van der Waals surface area contributed by atoms with E-state index in [1.165, 1.54) is 0 Å². The highest BCUT2D eigenvalue weighted by atomic mass is 35.5. The molecule has 0 aliphatic heterocycles. The van der Waals surface area contributed by atoms with Crippen molar-refractivity contribution in [3.63, 3.8) is 0 Å². The minimum absolute atomic E-state index is 0.0955. The van der Waals surface area contributed by atoms with Crippen molar-refractivity contribution in [2.24, 2.45) is 17.6 Å². The molecule has 1 aromatic heterocycles. The zero-order valence-corrected chi connectivity index (χ0v) is 11.7. The highest BCUT2D eigenvalue weighted by Gasteiger charge is 2.24. The summed E-state index contributed by atoms with van der Waals surface area (Å²) in [6.45, 7) is 7.74. The topological polar surface area (TPSA) is 53.1 Å². The van der Waals surface area contributed by atoms with E-state index in [1.807, 2.05) is 4.68 Å². The first kappa shape index (κ1) is 14.5. The van der Waals surface area contributed by atoms with E-state index in [4.69, 9.17) is 22.1 Å². The zero-order chi connectivity index (χ0) is 13.0. The van der Waals surface area contributed by atoms with Crippen molar-refractivity contribution in [3.8, 4) is 0 Å². The summed E-state index contributed by atoms with van der Waals surface area (Å²) in [5, 5.41) is 4.88. The third kappa shape index (κ3) is 3.44. The van der Waals surface area contributed by atoms with Crippen molar-refractivity contribution in [1.29, 1.82) is 0 Å². The molecule has 1 aromatic rings. The molecule has 2 atom stereocenters. The molecule has 2 N–H and O–H groups in total. The van der Waals surface area contributed by atoms with Crippen LogP contribution in [0.5, 0.6) is 0 Å². The van der Waals surface area contributed by atoms with Crippen LogP contribution in [0.1, 0.15) is 32.5 Å². The summed E-state index contributed by atoms with van der Waals surface area (Å²) < 4.78 is 6.90. The normalized spacial score (nSPS) is 15.2. The first-order valence-corrected chi connectivity index (χ1v) is 6.32. The predicted molar refractivity (Wildman–Crippen MR) is 70.0 cm³/mol. The maximum atomic E-state index is 6.27. The molecule has 2 unspecified atom stereocenters. The van der Waals surface area contributed by atoms with Gasteiger partial charge in [0.15, 0.2) is 0 Å².